The lowest BCUT2D eigenvalue weighted by molar-refractivity contribution is -0.117. The highest BCUT2D eigenvalue weighted by Gasteiger charge is 2.32. The number of nitrogens with one attached hydrogen (secondary N) is 1. The van der Waals surface area contributed by atoms with Crippen LogP contribution in [0.15, 0.2) is 54.6 Å². The van der Waals surface area contributed by atoms with E-state index in [2.05, 4.69) is 5.32 Å². The molecule has 2 aromatic carbocycles. The Bertz CT molecular complexity index is 793. The third-order valence-corrected chi connectivity index (χ3v) is 4.92. The summed E-state index contributed by atoms with van der Waals surface area (Å²) in [6.07, 6.45) is 0.297. The van der Waals surface area contributed by atoms with Crippen molar-refractivity contribution in [2.24, 2.45) is 0 Å². The number of halogens is 1. The van der Waals surface area contributed by atoms with Gasteiger partial charge in [0.2, 0.25) is 5.91 Å². The number of amides is 3. The normalized spacial score (nSPS) is 16.7. The summed E-state index contributed by atoms with van der Waals surface area (Å²) in [6, 6.07) is 16.7. The van der Waals surface area contributed by atoms with Crippen LogP contribution in [0.3, 0.4) is 0 Å². The molecule has 0 saturated carbocycles. The highest BCUT2D eigenvalue weighted by Crippen LogP contribution is 2.23. The quantitative estimate of drug-likeness (QED) is 0.843. The maximum Gasteiger partial charge on any atom is 0.318 e. The summed E-state index contributed by atoms with van der Waals surface area (Å²) in [4.78, 5) is 28.7. The van der Waals surface area contributed by atoms with E-state index in [4.69, 9.17) is 11.6 Å². The van der Waals surface area contributed by atoms with Gasteiger partial charge in [-0.25, -0.2) is 4.79 Å². The van der Waals surface area contributed by atoms with Gasteiger partial charge in [-0.1, -0.05) is 41.9 Å². The van der Waals surface area contributed by atoms with Crippen molar-refractivity contribution in [3.63, 3.8) is 0 Å². The highest BCUT2D eigenvalue weighted by atomic mass is 35.5. The maximum absolute atomic E-state index is 12.8. The van der Waals surface area contributed by atoms with Gasteiger partial charge >= 0.3 is 6.03 Å². The molecule has 1 aliphatic heterocycles. The lowest BCUT2D eigenvalue weighted by atomic mass is 10.2. The van der Waals surface area contributed by atoms with E-state index in [0.717, 1.165) is 11.3 Å². The molecule has 3 amide bonds. The molecule has 1 aliphatic rings. The lowest BCUT2D eigenvalue weighted by Crippen LogP contribution is -2.48. The summed E-state index contributed by atoms with van der Waals surface area (Å²) >= 11 is 5.92. The molecule has 0 radical (unpaired) electrons. The Morgan fingerprint density at radius 2 is 1.85 bits per heavy atom. The number of benzene rings is 2. The zero-order valence-corrected chi connectivity index (χ0v) is 16.3. The molecule has 1 fully saturated rings. The number of anilines is 1. The highest BCUT2D eigenvalue weighted by molar-refractivity contribution is 6.30. The average Bonchev–Trinajstić information content (AvgIpc) is 3.01. The van der Waals surface area contributed by atoms with E-state index >= 15 is 0 Å². The number of hydrogen-bond acceptors (Lipinski definition) is 2. The van der Waals surface area contributed by atoms with Crippen LogP contribution in [0.25, 0.3) is 0 Å². The first-order chi connectivity index (χ1) is 12.9. The van der Waals surface area contributed by atoms with Gasteiger partial charge in [-0.2, -0.15) is 0 Å². The van der Waals surface area contributed by atoms with Gasteiger partial charge in [-0.05, 0) is 43.7 Å². The summed E-state index contributed by atoms with van der Waals surface area (Å²) in [5.41, 5.74) is 1.87. The Hall–Kier alpha value is -2.53. The van der Waals surface area contributed by atoms with E-state index in [1.165, 1.54) is 0 Å². The van der Waals surface area contributed by atoms with Gasteiger partial charge in [-0.15, -0.1) is 0 Å². The standard InChI is InChI=1S/C21H24ClN3O2/c1-15(2)24(13-16-6-4-3-5-7-16)21(27)23-18-12-20(26)25(14-18)19-10-8-17(22)9-11-19/h3-11,15,18H,12-14H2,1-2H3,(H,23,27)/t18-/m1/s1. The number of carbonyl (C=O) groups is 2. The second-order valence-electron chi connectivity index (χ2n) is 7.04. The second kappa shape index (κ2) is 8.44. The largest absolute Gasteiger partial charge is 0.333 e. The van der Waals surface area contributed by atoms with Crippen LogP contribution in [0.1, 0.15) is 25.8 Å². The van der Waals surface area contributed by atoms with Crippen molar-refractivity contribution in [2.45, 2.75) is 38.9 Å². The van der Waals surface area contributed by atoms with Gasteiger partial charge in [0.05, 0.1) is 6.04 Å². The van der Waals surface area contributed by atoms with Crippen LogP contribution in [0.5, 0.6) is 0 Å². The lowest BCUT2D eigenvalue weighted by Gasteiger charge is -2.28. The number of urea groups is 1. The first-order valence-electron chi connectivity index (χ1n) is 9.11. The molecule has 1 heterocycles. The molecule has 0 aliphatic carbocycles. The van der Waals surface area contributed by atoms with E-state index in [9.17, 15) is 9.59 Å². The maximum atomic E-state index is 12.8. The molecule has 142 valence electrons. The van der Waals surface area contributed by atoms with Crippen LogP contribution in [-0.4, -0.2) is 35.5 Å². The van der Waals surface area contributed by atoms with Crippen LogP contribution in [0, 0.1) is 0 Å². The average molecular weight is 386 g/mol. The van der Waals surface area contributed by atoms with Gasteiger partial charge in [0.25, 0.3) is 0 Å². The molecule has 1 saturated heterocycles. The van der Waals surface area contributed by atoms with Gasteiger partial charge < -0.3 is 15.1 Å². The third kappa shape index (κ3) is 4.80. The molecule has 3 rings (SSSR count). The number of rotatable bonds is 5. The molecule has 6 heteroatoms. The number of hydrogen-bond donors (Lipinski definition) is 1. The monoisotopic (exact) mass is 385 g/mol. The molecule has 2 aromatic rings. The molecule has 0 spiro atoms. The van der Waals surface area contributed by atoms with Gasteiger partial charge in [0, 0.05) is 36.3 Å². The Balaban J connectivity index is 1.64. The summed E-state index contributed by atoms with van der Waals surface area (Å²) in [6.45, 7) is 4.97. The second-order valence-corrected chi connectivity index (χ2v) is 7.47. The summed E-state index contributed by atoms with van der Waals surface area (Å²) in [5.74, 6) is 0.00165. The number of carbonyl (C=O) groups excluding carboxylic acids is 2. The first kappa shape index (κ1) is 19.2. The molecule has 0 bridgehead atoms. The molecule has 0 aromatic heterocycles. The van der Waals surface area contributed by atoms with Crippen molar-refractivity contribution < 1.29 is 9.59 Å². The fraction of sp³-hybridized carbons (Fsp3) is 0.333. The summed E-state index contributed by atoms with van der Waals surface area (Å²) in [5, 5.41) is 3.65. The minimum Gasteiger partial charge on any atom is -0.333 e. The van der Waals surface area contributed by atoms with Crippen LogP contribution >= 0.6 is 11.6 Å². The fourth-order valence-electron chi connectivity index (χ4n) is 3.20. The number of nitrogens with zero attached hydrogens (tertiary/aromatic N) is 2. The van der Waals surface area contributed by atoms with E-state index < -0.39 is 0 Å². The predicted molar refractivity (Wildman–Crippen MR) is 108 cm³/mol. The Labute approximate surface area is 164 Å². The third-order valence-electron chi connectivity index (χ3n) is 4.67. The van der Waals surface area contributed by atoms with E-state index in [0.29, 0.717) is 24.5 Å². The van der Waals surface area contributed by atoms with Crippen LogP contribution in [-0.2, 0) is 11.3 Å². The molecular weight excluding hydrogens is 362 g/mol. The SMILES string of the molecule is CC(C)N(Cc1ccccc1)C(=O)N[C@@H]1CC(=O)N(c2ccc(Cl)cc2)C1. The topological polar surface area (TPSA) is 52.7 Å². The molecule has 0 unspecified atom stereocenters. The summed E-state index contributed by atoms with van der Waals surface area (Å²) < 4.78 is 0. The van der Waals surface area contributed by atoms with Crippen molar-refractivity contribution in [1.29, 1.82) is 0 Å². The van der Waals surface area contributed by atoms with E-state index in [-0.39, 0.29) is 24.0 Å². The predicted octanol–water partition coefficient (Wildman–Crippen LogP) is 4.07. The van der Waals surface area contributed by atoms with Crippen molar-refractivity contribution in [3.05, 3.63) is 65.2 Å². The van der Waals surface area contributed by atoms with Crippen molar-refractivity contribution in [3.8, 4) is 0 Å². The molecule has 1 atom stereocenters. The van der Waals surface area contributed by atoms with Crippen LogP contribution in [0.2, 0.25) is 5.02 Å². The molecular formula is C21H24ClN3O2. The van der Waals surface area contributed by atoms with Crippen molar-refractivity contribution >= 4 is 29.2 Å². The smallest absolute Gasteiger partial charge is 0.318 e. The zero-order chi connectivity index (χ0) is 19.4. The zero-order valence-electron chi connectivity index (χ0n) is 15.6. The minimum atomic E-state index is -0.210. The summed E-state index contributed by atoms with van der Waals surface area (Å²) in [7, 11) is 0. The molecule has 5 nitrogen and oxygen atoms in total. The Morgan fingerprint density at radius 1 is 1.19 bits per heavy atom. The van der Waals surface area contributed by atoms with E-state index in [1.807, 2.05) is 56.3 Å². The van der Waals surface area contributed by atoms with E-state index in [1.54, 1.807) is 21.9 Å². The Kier molecular flexibility index (Phi) is 6.01. The minimum absolute atomic E-state index is 0.00165. The van der Waals surface area contributed by atoms with Gasteiger partial charge in [0.15, 0.2) is 0 Å². The molecule has 1 N–H and O–H groups in total. The van der Waals surface area contributed by atoms with Gasteiger partial charge in [0.1, 0.15) is 0 Å². The van der Waals surface area contributed by atoms with Crippen molar-refractivity contribution in [2.75, 3.05) is 11.4 Å². The molecule has 27 heavy (non-hydrogen) atoms. The Morgan fingerprint density at radius 3 is 2.48 bits per heavy atom. The van der Waals surface area contributed by atoms with Gasteiger partial charge in [-0.3, -0.25) is 4.79 Å². The van der Waals surface area contributed by atoms with Crippen LogP contribution in [0.4, 0.5) is 10.5 Å². The first-order valence-corrected chi connectivity index (χ1v) is 9.49. The fourth-order valence-corrected chi connectivity index (χ4v) is 3.33. The van der Waals surface area contributed by atoms with Crippen LogP contribution < -0.4 is 10.2 Å². The van der Waals surface area contributed by atoms with Crippen molar-refractivity contribution in [1.82, 2.24) is 10.2 Å².